The molecular weight excluding hydrogens is 446 g/mol. The van der Waals surface area contributed by atoms with Crippen LogP contribution in [0.15, 0.2) is 36.4 Å². The number of methoxy groups -OCH3 is 2. The van der Waals surface area contributed by atoms with Gasteiger partial charge in [0.05, 0.1) is 43.7 Å². The number of nitrogens with zero attached hydrogens (tertiary/aromatic N) is 2. The van der Waals surface area contributed by atoms with E-state index in [1.165, 1.54) is 14.2 Å². The molecule has 2 aromatic carbocycles. The first-order valence-electron chi connectivity index (χ1n) is 11.0. The third kappa shape index (κ3) is 5.11. The second kappa shape index (κ2) is 10.2. The summed E-state index contributed by atoms with van der Waals surface area (Å²) in [5.41, 5.74) is 1.21. The molecule has 0 unspecified atom stereocenters. The monoisotopic (exact) mass is 473 g/mol. The lowest BCUT2D eigenvalue weighted by molar-refractivity contribution is -0.139. The molecule has 1 fully saturated rings. The van der Waals surface area contributed by atoms with Crippen molar-refractivity contribution in [1.82, 2.24) is 4.90 Å². The van der Waals surface area contributed by atoms with Crippen LogP contribution in [0.25, 0.3) is 0 Å². The number of hydrogen-bond acceptors (Lipinski definition) is 6. The van der Waals surface area contributed by atoms with E-state index in [2.05, 4.69) is 5.32 Å². The molecule has 8 nitrogen and oxygen atoms in total. The number of halogens is 1. The van der Waals surface area contributed by atoms with E-state index in [1.54, 1.807) is 12.1 Å². The average Bonchev–Trinajstić information content (AvgIpc) is 2.84. The molecule has 1 atom stereocenters. The summed E-state index contributed by atoms with van der Waals surface area (Å²) in [6, 6.07) is 10.7. The number of anilines is 2. The average molecular weight is 474 g/mol. The standard InChI is InChI=1S/C24H28ClN3O5/c1-31-20-13-21(32-2)17(12-16(20)25)26-23(29)15-28-14-22(24(30)27-10-6-3-7-11-27)33-19-9-5-4-8-18(19)28/h4-5,8-9,12-13,22H,3,6-7,10-11,14-15H2,1-2H3,(H,26,29)/t22-/m1/s1. The lowest BCUT2D eigenvalue weighted by Gasteiger charge is -2.38. The maximum absolute atomic E-state index is 13.1. The molecule has 0 aromatic heterocycles. The number of ether oxygens (including phenoxy) is 3. The van der Waals surface area contributed by atoms with Crippen molar-refractivity contribution in [3.63, 3.8) is 0 Å². The molecule has 0 saturated carbocycles. The number of nitrogens with one attached hydrogen (secondary N) is 1. The van der Waals surface area contributed by atoms with Crippen molar-refractivity contribution in [2.75, 3.05) is 50.6 Å². The minimum Gasteiger partial charge on any atom is -0.495 e. The molecule has 2 aromatic rings. The molecule has 2 amide bonds. The summed E-state index contributed by atoms with van der Waals surface area (Å²) < 4.78 is 16.6. The smallest absolute Gasteiger partial charge is 0.265 e. The minimum absolute atomic E-state index is 0.0294. The summed E-state index contributed by atoms with van der Waals surface area (Å²) >= 11 is 6.23. The molecule has 0 radical (unpaired) electrons. The van der Waals surface area contributed by atoms with Crippen LogP contribution in [0, 0.1) is 0 Å². The second-order valence-electron chi connectivity index (χ2n) is 8.08. The Bertz CT molecular complexity index is 1030. The first kappa shape index (κ1) is 23.0. The maximum atomic E-state index is 13.1. The van der Waals surface area contributed by atoms with Crippen LogP contribution in [0.5, 0.6) is 17.2 Å². The van der Waals surface area contributed by atoms with Gasteiger partial charge in [-0.1, -0.05) is 23.7 Å². The van der Waals surface area contributed by atoms with Crippen LogP contribution in [0.4, 0.5) is 11.4 Å². The normalized spacial score (nSPS) is 17.6. The molecule has 0 bridgehead atoms. The van der Waals surface area contributed by atoms with Crippen molar-refractivity contribution in [2.24, 2.45) is 0 Å². The largest absolute Gasteiger partial charge is 0.495 e. The third-order valence-electron chi connectivity index (χ3n) is 5.89. The highest BCUT2D eigenvalue weighted by Crippen LogP contribution is 2.37. The lowest BCUT2D eigenvalue weighted by Crippen LogP contribution is -2.52. The summed E-state index contributed by atoms with van der Waals surface area (Å²) in [6.07, 6.45) is 2.50. The number of carbonyl (C=O) groups is 2. The van der Waals surface area contributed by atoms with Gasteiger partial charge in [0.15, 0.2) is 6.10 Å². The van der Waals surface area contributed by atoms with Crippen molar-refractivity contribution in [2.45, 2.75) is 25.4 Å². The first-order chi connectivity index (χ1) is 16.0. The summed E-state index contributed by atoms with van der Waals surface area (Å²) in [6.45, 7) is 1.83. The highest BCUT2D eigenvalue weighted by molar-refractivity contribution is 6.32. The van der Waals surface area contributed by atoms with E-state index < -0.39 is 6.10 Å². The van der Waals surface area contributed by atoms with Gasteiger partial charge in [-0.05, 0) is 37.5 Å². The zero-order chi connectivity index (χ0) is 23.4. The third-order valence-corrected chi connectivity index (χ3v) is 6.18. The number of hydrogen-bond donors (Lipinski definition) is 1. The van der Waals surface area contributed by atoms with Crippen molar-refractivity contribution < 1.29 is 23.8 Å². The minimum atomic E-state index is -0.657. The Morgan fingerprint density at radius 2 is 1.82 bits per heavy atom. The molecule has 2 aliphatic rings. The van der Waals surface area contributed by atoms with Crippen LogP contribution in [-0.2, 0) is 9.59 Å². The molecule has 176 valence electrons. The number of rotatable bonds is 6. The van der Waals surface area contributed by atoms with Gasteiger partial charge in [0.25, 0.3) is 5.91 Å². The summed E-state index contributed by atoms with van der Waals surface area (Å²) in [5.74, 6) is 1.18. The molecule has 9 heteroatoms. The fraction of sp³-hybridized carbons (Fsp3) is 0.417. The van der Waals surface area contributed by atoms with Gasteiger partial charge >= 0.3 is 0 Å². The summed E-state index contributed by atoms with van der Waals surface area (Å²) in [7, 11) is 3.02. The van der Waals surface area contributed by atoms with E-state index in [0.29, 0.717) is 34.5 Å². The fourth-order valence-corrected chi connectivity index (χ4v) is 4.46. The van der Waals surface area contributed by atoms with Crippen LogP contribution < -0.4 is 24.4 Å². The van der Waals surface area contributed by atoms with Crippen molar-refractivity contribution >= 4 is 34.8 Å². The van der Waals surface area contributed by atoms with Crippen LogP contribution in [0.1, 0.15) is 19.3 Å². The van der Waals surface area contributed by atoms with E-state index in [1.807, 2.05) is 34.1 Å². The molecule has 0 spiro atoms. The zero-order valence-electron chi connectivity index (χ0n) is 18.8. The number of carbonyl (C=O) groups excluding carboxylic acids is 2. The van der Waals surface area contributed by atoms with Crippen LogP contribution >= 0.6 is 11.6 Å². The van der Waals surface area contributed by atoms with E-state index >= 15 is 0 Å². The Hall–Kier alpha value is -3.13. The highest BCUT2D eigenvalue weighted by atomic mass is 35.5. The molecule has 1 saturated heterocycles. The number of piperidine rings is 1. The van der Waals surface area contributed by atoms with Crippen molar-refractivity contribution in [3.8, 4) is 17.2 Å². The molecule has 4 rings (SSSR count). The van der Waals surface area contributed by atoms with Gasteiger partial charge in [-0.2, -0.15) is 0 Å². The Morgan fingerprint density at radius 3 is 2.55 bits per heavy atom. The van der Waals surface area contributed by atoms with Crippen LogP contribution in [0.2, 0.25) is 5.02 Å². The van der Waals surface area contributed by atoms with Crippen LogP contribution in [0.3, 0.4) is 0 Å². The van der Waals surface area contributed by atoms with Crippen LogP contribution in [-0.4, -0.2) is 63.2 Å². The van der Waals surface area contributed by atoms with Gasteiger partial charge in [0.2, 0.25) is 5.91 Å². The van der Waals surface area contributed by atoms with Gasteiger partial charge in [-0.25, -0.2) is 0 Å². The highest BCUT2D eigenvalue weighted by Gasteiger charge is 2.34. The number of likely N-dealkylation sites (tertiary alicyclic amines) is 1. The van der Waals surface area contributed by atoms with Gasteiger partial charge in [0.1, 0.15) is 17.2 Å². The Morgan fingerprint density at radius 1 is 1.09 bits per heavy atom. The molecule has 33 heavy (non-hydrogen) atoms. The predicted octanol–water partition coefficient (Wildman–Crippen LogP) is 3.58. The SMILES string of the molecule is COc1cc(OC)c(NC(=O)CN2C[C@H](C(=O)N3CCCCC3)Oc3ccccc32)cc1Cl. The van der Waals surface area contributed by atoms with Gasteiger partial charge in [0, 0.05) is 19.2 Å². The lowest BCUT2D eigenvalue weighted by atomic mass is 10.1. The first-order valence-corrected chi connectivity index (χ1v) is 11.4. The van der Waals surface area contributed by atoms with Crippen molar-refractivity contribution in [1.29, 1.82) is 0 Å². The number of benzene rings is 2. The van der Waals surface area contributed by atoms with Gasteiger partial charge in [-0.3, -0.25) is 9.59 Å². The summed E-state index contributed by atoms with van der Waals surface area (Å²) in [4.78, 5) is 29.8. The Labute approximate surface area is 198 Å². The van der Waals surface area contributed by atoms with Crippen molar-refractivity contribution in [3.05, 3.63) is 41.4 Å². The molecule has 2 aliphatic heterocycles. The number of amides is 2. The van der Waals surface area contributed by atoms with Gasteiger partial charge < -0.3 is 29.3 Å². The topological polar surface area (TPSA) is 80.3 Å². The quantitative estimate of drug-likeness (QED) is 0.690. The van der Waals surface area contributed by atoms with E-state index in [4.69, 9.17) is 25.8 Å². The second-order valence-corrected chi connectivity index (χ2v) is 8.48. The number of fused-ring (bicyclic) bond motifs is 1. The van der Waals surface area contributed by atoms with E-state index in [0.717, 1.165) is 38.0 Å². The van der Waals surface area contributed by atoms with E-state index in [-0.39, 0.29) is 18.4 Å². The molecule has 1 N–H and O–H groups in total. The Balaban J connectivity index is 1.51. The number of para-hydroxylation sites is 2. The molecule has 2 heterocycles. The predicted molar refractivity (Wildman–Crippen MR) is 127 cm³/mol. The summed E-state index contributed by atoms with van der Waals surface area (Å²) in [5, 5.41) is 3.22. The maximum Gasteiger partial charge on any atom is 0.265 e. The van der Waals surface area contributed by atoms with E-state index in [9.17, 15) is 9.59 Å². The Kier molecular flexibility index (Phi) is 7.13. The van der Waals surface area contributed by atoms with Gasteiger partial charge in [-0.15, -0.1) is 0 Å². The molecular formula is C24H28ClN3O5. The molecule has 0 aliphatic carbocycles. The fourth-order valence-electron chi connectivity index (χ4n) is 4.22. The zero-order valence-corrected chi connectivity index (χ0v) is 19.6.